The molecule has 0 radical (unpaired) electrons. The lowest BCUT2D eigenvalue weighted by Crippen LogP contribution is -2.40. The second-order valence-electron chi connectivity index (χ2n) is 6.08. The van der Waals surface area contributed by atoms with Crippen LogP contribution in [0.5, 0.6) is 5.75 Å². The van der Waals surface area contributed by atoms with Crippen LogP contribution in [0.1, 0.15) is 32.4 Å². The Morgan fingerprint density at radius 2 is 2.00 bits per heavy atom. The summed E-state index contributed by atoms with van der Waals surface area (Å²) in [7, 11) is 1.59. The number of rotatable bonds is 4. The van der Waals surface area contributed by atoms with E-state index in [1.54, 1.807) is 32.8 Å². The number of aliphatic imine (C=N–C) groups is 1. The Labute approximate surface area is 150 Å². The highest BCUT2D eigenvalue weighted by Crippen LogP contribution is 2.41. The van der Waals surface area contributed by atoms with E-state index < -0.39 is 12.0 Å². The topological polar surface area (TPSA) is 68.2 Å². The lowest BCUT2D eigenvalue weighted by molar-refractivity contribution is -0.143. The van der Waals surface area contributed by atoms with Crippen molar-refractivity contribution >= 4 is 28.8 Å². The minimum absolute atomic E-state index is 0.0630. The average Bonchev–Trinajstić information content (AvgIpc) is 2.93. The van der Waals surface area contributed by atoms with E-state index in [0.29, 0.717) is 27.9 Å². The molecule has 0 bridgehead atoms. The molecule has 2 heterocycles. The first-order chi connectivity index (χ1) is 11.9. The maximum Gasteiger partial charge on any atom is 0.338 e. The van der Waals surface area contributed by atoms with Gasteiger partial charge in [-0.1, -0.05) is 23.9 Å². The molecule has 132 valence electrons. The number of ether oxygens (including phenoxy) is 2. The Balaban J connectivity index is 2.09. The van der Waals surface area contributed by atoms with Crippen LogP contribution in [0.4, 0.5) is 0 Å². The third-order valence-corrected chi connectivity index (χ3v) is 4.92. The van der Waals surface area contributed by atoms with Crippen LogP contribution in [-0.2, 0) is 14.3 Å². The van der Waals surface area contributed by atoms with E-state index in [0.717, 1.165) is 5.56 Å². The largest absolute Gasteiger partial charge is 0.497 e. The summed E-state index contributed by atoms with van der Waals surface area (Å²) in [5.74, 6) is 0.529. The predicted octanol–water partition coefficient (Wildman–Crippen LogP) is 2.91. The molecule has 1 aromatic rings. The second-order valence-corrected chi connectivity index (χ2v) is 7.02. The normalized spacial score (nSPS) is 19.9. The molecule has 0 aliphatic carbocycles. The maximum absolute atomic E-state index is 12.7. The monoisotopic (exact) mass is 360 g/mol. The number of carbonyl (C=O) groups excluding carboxylic acids is 2. The fraction of sp³-hybridized carbons (Fsp3) is 0.389. The summed E-state index contributed by atoms with van der Waals surface area (Å²) in [6.45, 7) is 5.37. The summed E-state index contributed by atoms with van der Waals surface area (Å²) < 4.78 is 10.6. The zero-order valence-electron chi connectivity index (χ0n) is 14.6. The summed E-state index contributed by atoms with van der Waals surface area (Å²) in [6.07, 6.45) is -0.252. The van der Waals surface area contributed by atoms with Crippen LogP contribution in [-0.4, -0.2) is 40.9 Å². The van der Waals surface area contributed by atoms with Crippen LogP contribution in [0.3, 0.4) is 0 Å². The predicted molar refractivity (Wildman–Crippen MR) is 96.4 cm³/mol. The summed E-state index contributed by atoms with van der Waals surface area (Å²) in [5.41, 5.74) is 1.80. The molecule has 0 spiro atoms. The number of carbonyl (C=O) groups is 2. The molecule has 0 N–H and O–H groups in total. The molecule has 1 amide bonds. The average molecular weight is 360 g/mol. The van der Waals surface area contributed by atoms with Crippen LogP contribution in [0.2, 0.25) is 0 Å². The molecule has 1 saturated heterocycles. The molecule has 7 heteroatoms. The Hall–Kier alpha value is -2.28. The molecule has 6 nitrogen and oxygen atoms in total. The lowest BCUT2D eigenvalue weighted by atomic mass is 9.94. The number of hydrogen-bond donors (Lipinski definition) is 0. The third kappa shape index (κ3) is 3.28. The van der Waals surface area contributed by atoms with Crippen LogP contribution in [0.25, 0.3) is 0 Å². The molecule has 1 aromatic carbocycles. The highest BCUT2D eigenvalue weighted by Gasteiger charge is 2.43. The number of fused-ring (bicyclic) bond motifs is 1. The van der Waals surface area contributed by atoms with Gasteiger partial charge in [-0.2, -0.15) is 0 Å². The SMILES string of the molecule is COc1ccc([C@H]2C(C(=O)OC(C)C)=C(C)N=C3SCC(=O)N32)cc1. The lowest BCUT2D eigenvalue weighted by Gasteiger charge is -2.33. The molecule has 2 aliphatic heterocycles. The van der Waals surface area contributed by atoms with Gasteiger partial charge in [0, 0.05) is 0 Å². The zero-order valence-corrected chi connectivity index (χ0v) is 15.4. The molecule has 1 fully saturated rings. The van der Waals surface area contributed by atoms with E-state index in [4.69, 9.17) is 9.47 Å². The van der Waals surface area contributed by atoms with Crippen molar-refractivity contribution < 1.29 is 19.1 Å². The summed E-state index contributed by atoms with van der Waals surface area (Å²) in [5, 5.41) is 0.629. The van der Waals surface area contributed by atoms with E-state index in [2.05, 4.69) is 4.99 Å². The minimum Gasteiger partial charge on any atom is -0.497 e. The highest BCUT2D eigenvalue weighted by molar-refractivity contribution is 8.15. The Morgan fingerprint density at radius 1 is 1.32 bits per heavy atom. The van der Waals surface area contributed by atoms with Crippen LogP contribution in [0.15, 0.2) is 40.5 Å². The van der Waals surface area contributed by atoms with Gasteiger partial charge in [0.2, 0.25) is 5.91 Å². The number of thioether (sulfide) groups is 1. The number of hydrogen-bond acceptors (Lipinski definition) is 6. The van der Waals surface area contributed by atoms with Gasteiger partial charge in [0.25, 0.3) is 0 Å². The van der Waals surface area contributed by atoms with Crippen molar-refractivity contribution in [3.8, 4) is 5.75 Å². The van der Waals surface area contributed by atoms with Crippen molar-refractivity contribution in [2.24, 2.45) is 4.99 Å². The van der Waals surface area contributed by atoms with Gasteiger partial charge in [-0.15, -0.1) is 0 Å². The van der Waals surface area contributed by atoms with E-state index in [9.17, 15) is 9.59 Å². The molecule has 0 saturated carbocycles. The Morgan fingerprint density at radius 3 is 2.60 bits per heavy atom. The van der Waals surface area contributed by atoms with Crippen molar-refractivity contribution in [1.82, 2.24) is 4.90 Å². The number of allylic oxidation sites excluding steroid dienone is 1. The molecule has 2 aliphatic rings. The molecule has 0 unspecified atom stereocenters. The van der Waals surface area contributed by atoms with Crippen molar-refractivity contribution in [3.05, 3.63) is 41.1 Å². The summed E-state index contributed by atoms with van der Waals surface area (Å²) in [4.78, 5) is 31.2. The van der Waals surface area contributed by atoms with Crippen molar-refractivity contribution in [3.63, 3.8) is 0 Å². The number of methoxy groups -OCH3 is 1. The van der Waals surface area contributed by atoms with Gasteiger partial charge >= 0.3 is 5.97 Å². The van der Waals surface area contributed by atoms with E-state index in [1.807, 2.05) is 24.3 Å². The Kier molecular flexibility index (Phi) is 4.85. The van der Waals surface area contributed by atoms with E-state index in [-0.39, 0.29) is 12.0 Å². The maximum atomic E-state index is 12.7. The molecule has 3 rings (SSSR count). The highest BCUT2D eigenvalue weighted by atomic mass is 32.2. The summed E-state index contributed by atoms with van der Waals surface area (Å²) in [6, 6.07) is 6.81. The fourth-order valence-corrected chi connectivity index (χ4v) is 3.82. The first kappa shape index (κ1) is 17.5. The second kappa shape index (κ2) is 6.92. The fourth-order valence-electron chi connectivity index (χ4n) is 2.88. The molecular formula is C18H20N2O4S. The van der Waals surface area contributed by atoms with Crippen molar-refractivity contribution in [2.75, 3.05) is 12.9 Å². The Bertz CT molecular complexity index is 768. The zero-order chi connectivity index (χ0) is 18.1. The first-order valence-corrected chi connectivity index (χ1v) is 9.00. The first-order valence-electron chi connectivity index (χ1n) is 8.01. The molecular weight excluding hydrogens is 340 g/mol. The number of esters is 1. The van der Waals surface area contributed by atoms with Crippen molar-refractivity contribution in [2.45, 2.75) is 32.9 Å². The minimum atomic E-state index is -0.535. The van der Waals surface area contributed by atoms with Gasteiger partial charge in [0.05, 0.1) is 36.3 Å². The number of nitrogens with zero attached hydrogens (tertiary/aromatic N) is 2. The summed E-state index contributed by atoms with van der Waals surface area (Å²) >= 11 is 1.39. The van der Waals surface area contributed by atoms with Gasteiger partial charge in [-0.3, -0.25) is 9.69 Å². The van der Waals surface area contributed by atoms with Gasteiger partial charge in [-0.25, -0.2) is 9.79 Å². The molecule has 0 aromatic heterocycles. The molecule has 1 atom stereocenters. The van der Waals surface area contributed by atoms with Gasteiger partial charge in [0.15, 0.2) is 5.17 Å². The van der Waals surface area contributed by atoms with Gasteiger partial charge in [0.1, 0.15) is 5.75 Å². The van der Waals surface area contributed by atoms with Crippen LogP contribution in [0, 0.1) is 0 Å². The number of amidine groups is 1. The van der Waals surface area contributed by atoms with E-state index in [1.165, 1.54) is 11.8 Å². The number of benzene rings is 1. The number of amides is 1. The van der Waals surface area contributed by atoms with Crippen molar-refractivity contribution in [1.29, 1.82) is 0 Å². The standard InChI is InChI=1S/C18H20N2O4S/c1-10(2)24-17(22)15-11(3)19-18-20(14(21)9-25-18)16(15)12-5-7-13(23-4)8-6-12/h5-8,10,16H,9H2,1-4H3/t16-/m0/s1. The van der Waals surface area contributed by atoms with Gasteiger partial charge < -0.3 is 9.47 Å². The smallest absolute Gasteiger partial charge is 0.338 e. The van der Waals surface area contributed by atoms with E-state index >= 15 is 0 Å². The molecule has 25 heavy (non-hydrogen) atoms. The quantitative estimate of drug-likeness (QED) is 0.772. The van der Waals surface area contributed by atoms with Crippen LogP contribution >= 0.6 is 11.8 Å². The van der Waals surface area contributed by atoms with Crippen LogP contribution < -0.4 is 4.74 Å². The van der Waals surface area contributed by atoms with Gasteiger partial charge in [-0.05, 0) is 38.5 Å². The third-order valence-electron chi connectivity index (χ3n) is 3.98.